The van der Waals surface area contributed by atoms with E-state index in [1.807, 2.05) is 30.3 Å². The number of hydrogen-bond donors (Lipinski definition) is 2. The molecule has 2 N–H and O–H groups in total. The average molecular weight is 346 g/mol. The van der Waals surface area contributed by atoms with E-state index in [1.165, 1.54) is 4.68 Å². The highest BCUT2D eigenvalue weighted by Gasteiger charge is 2.15. The lowest BCUT2D eigenvalue weighted by molar-refractivity contribution is -0.114. The molecule has 11 nitrogen and oxygen atoms in total. The monoisotopic (exact) mass is 346 g/mol. The first kappa shape index (κ1) is 15.6. The van der Waals surface area contributed by atoms with E-state index in [-0.39, 0.29) is 23.3 Å². The first-order valence-corrected chi connectivity index (χ1v) is 7.55. The number of nitrogens with one attached hydrogen (secondary N) is 2. The zero-order valence-corrected chi connectivity index (χ0v) is 12.8. The molecule has 0 unspecified atom stereocenters. The molecule has 0 bridgehead atoms. The molecule has 2 heterocycles. The van der Waals surface area contributed by atoms with Gasteiger partial charge in [-0.3, -0.25) is 9.59 Å². The largest absolute Gasteiger partial charge is 0.307 e. The van der Waals surface area contributed by atoms with E-state index in [9.17, 15) is 9.59 Å². The topological polar surface area (TPSA) is 141 Å². The molecule has 24 heavy (non-hydrogen) atoms. The minimum atomic E-state index is -0.382. The Labute approximate surface area is 138 Å². The second-order valence-corrected chi connectivity index (χ2v) is 5.21. The van der Waals surface area contributed by atoms with Crippen molar-refractivity contribution in [2.45, 2.75) is 5.16 Å². The van der Waals surface area contributed by atoms with Gasteiger partial charge in [0, 0.05) is 0 Å². The summed E-state index contributed by atoms with van der Waals surface area (Å²) < 4.78 is 5.97. The molecule has 0 saturated carbocycles. The zero-order valence-electron chi connectivity index (χ0n) is 12.0. The van der Waals surface area contributed by atoms with Crippen LogP contribution in [0.3, 0.4) is 0 Å². The van der Waals surface area contributed by atoms with E-state index in [1.54, 1.807) is 0 Å². The normalized spacial score (nSPS) is 10.3. The number of tetrazole rings is 1. The highest BCUT2D eigenvalue weighted by atomic mass is 32.2. The molecule has 0 aliphatic rings. The maximum Gasteiger partial charge on any atom is 0.236 e. The molecular formula is C12H10N8O3S. The number of carbonyl (C=O) groups excluding carboxylic acids is 2. The van der Waals surface area contributed by atoms with Crippen molar-refractivity contribution < 1.29 is 14.2 Å². The van der Waals surface area contributed by atoms with Crippen LogP contribution in [0.15, 0.2) is 40.1 Å². The third-order valence-corrected chi connectivity index (χ3v) is 3.64. The summed E-state index contributed by atoms with van der Waals surface area (Å²) in [6.45, 7) is 0. The van der Waals surface area contributed by atoms with Crippen molar-refractivity contribution in [3.8, 4) is 5.69 Å². The van der Waals surface area contributed by atoms with E-state index < -0.39 is 0 Å². The van der Waals surface area contributed by atoms with Crippen LogP contribution in [-0.4, -0.2) is 48.6 Å². The van der Waals surface area contributed by atoms with Crippen molar-refractivity contribution in [2.75, 3.05) is 16.4 Å². The van der Waals surface area contributed by atoms with Crippen LogP contribution in [-0.2, 0) is 9.59 Å². The summed E-state index contributed by atoms with van der Waals surface area (Å²) in [5.74, 6) is -0.305. The SMILES string of the molecule is O=CNc1nonc1NC(=O)CSc1nnnn1-c1ccccc1. The summed E-state index contributed by atoms with van der Waals surface area (Å²) in [5, 5.41) is 23.5. The van der Waals surface area contributed by atoms with Gasteiger partial charge < -0.3 is 10.6 Å². The minimum Gasteiger partial charge on any atom is -0.307 e. The lowest BCUT2D eigenvalue weighted by atomic mass is 10.3. The zero-order chi connectivity index (χ0) is 16.8. The van der Waals surface area contributed by atoms with Crippen LogP contribution in [0.2, 0.25) is 0 Å². The average Bonchev–Trinajstić information content (AvgIpc) is 3.24. The number of aromatic nitrogens is 6. The molecule has 0 atom stereocenters. The van der Waals surface area contributed by atoms with Crippen molar-refractivity contribution in [1.29, 1.82) is 0 Å². The molecule has 122 valence electrons. The van der Waals surface area contributed by atoms with Gasteiger partial charge in [0.1, 0.15) is 0 Å². The Morgan fingerprint density at radius 2 is 2.04 bits per heavy atom. The van der Waals surface area contributed by atoms with Crippen LogP contribution in [0, 0.1) is 0 Å². The standard InChI is InChI=1S/C12H10N8O3S/c21-7-13-10-11(17-23-16-10)14-9(22)6-24-12-15-18-19-20(12)8-4-2-1-3-5-8/h1-5,7H,6H2,(H,13,16,21)(H,14,17,22). The van der Waals surface area contributed by atoms with Gasteiger partial charge in [-0.05, 0) is 32.9 Å². The fourth-order valence-electron chi connectivity index (χ4n) is 1.72. The van der Waals surface area contributed by atoms with E-state index in [2.05, 4.69) is 41.1 Å². The molecule has 0 fully saturated rings. The second-order valence-electron chi connectivity index (χ2n) is 4.27. The van der Waals surface area contributed by atoms with Gasteiger partial charge in [-0.1, -0.05) is 30.0 Å². The number of amides is 2. The number of para-hydroxylation sites is 1. The maximum absolute atomic E-state index is 12.0. The molecule has 0 saturated heterocycles. The Morgan fingerprint density at radius 3 is 2.83 bits per heavy atom. The van der Waals surface area contributed by atoms with Crippen molar-refractivity contribution >= 4 is 35.7 Å². The van der Waals surface area contributed by atoms with Crippen LogP contribution >= 0.6 is 11.8 Å². The fraction of sp³-hybridized carbons (Fsp3) is 0.0833. The summed E-state index contributed by atoms with van der Waals surface area (Å²) in [4.78, 5) is 22.4. The van der Waals surface area contributed by atoms with Crippen molar-refractivity contribution in [3.05, 3.63) is 30.3 Å². The van der Waals surface area contributed by atoms with Gasteiger partial charge in [-0.25, -0.2) is 4.63 Å². The summed E-state index contributed by atoms with van der Waals surface area (Å²) in [7, 11) is 0. The van der Waals surface area contributed by atoms with Crippen LogP contribution < -0.4 is 10.6 Å². The molecule has 0 aliphatic carbocycles. The molecule has 0 radical (unpaired) electrons. The molecule has 3 aromatic rings. The van der Waals surface area contributed by atoms with Gasteiger partial charge in [0.2, 0.25) is 29.1 Å². The first-order chi connectivity index (χ1) is 11.8. The number of benzene rings is 1. The second kappa shape index (κ2) is 7.32. The molecular weight excluding hydrogens is 336 g/mol. The number of anilines is 2. The Morgan fingerprint density at radius 1 is 1.25 bits per heavy atom. The predicted molar refractivity (Wildman–Crippen MR) is 82.5 cm³/mol. The van der Waals surface area contributed by atoms with Crippen LogP contribution in [0.25, 0.3) is 5.69 Å². The van der Waals surface area contributed by atoms with Crippen LogP contribution in [0.1, 0.15) is 0 Å². The summed E-state index contributed by atoms with van der Waals surface area (Å²) >= 11 is 1.14. The van der Waals surface area contributed by atoms with E-state index >= 15 is 0 Å². The highest BCUT2D eigenvalue weighted by Crippen LogP contribution is 2.19. The third-order valence-electron chi connectivity index (χ3n) is 2.72. The van der Waals surface area contributed by atoms with Gasteiger partial charge in [-0.2, -0.15) is 4.68 Å². The molecule has 12 heteroatoms. The number of nitrogens with zero attached hydrogens (tertiary/aromatic N) is 6. The fourth-order valence-corrected chi connectivity index (χ4v) is 2.41. The summed E-state index contributed by atoms with van der Waals surface area (Å²) in [6.07, 6.45) is 0.401. The minimum absolute atomic E-state index is 0.0235. The van der Waals surface area contributed by atoms with Crippen LogP contribution in [0.5, 0.6) is 0 Å². The van der Waals surface area contributed by atoms with Crippen LogP contribution in [0.4, 0.5) is 11.6 Å². The van der Waals surface area contributed by atoms with Crippen molar-refractivity contribution in [2.24, 2.45) is 0 Å². The third kappa shape index (κ3) is 3.55. The summed E-state index contributed by atoms with van der Waals surface area (Å²) in [6, 6.07) is 9.29. The smallest absolute Gasteiger partial charge is 0.236 e. The highest BCUT2D eigenvalue weighted by molar-refractivity contribution is 7.99. The van der Waals surface area contributed by atoms with E-state index in [0.717, 1.165) is 17.4 Å². The number of carbonyl (C=O) groups is 2. The van der Waals surface area contributed by atoms with Gasteiger partial charge in [-0.15, -0.1) is 5.10 Å². The van der Waals surface area contributed by atoms with Crippen molar-refractivity contribution in [1.82, 2.24) is 30.5 Å². The number of rotatable bonds is 7. The van der Waals surface area contributed by atoms with E-state index in [4.69, 9.17) is 0 Å². The molecule has 0 aliphatic heterocycles. The van der Waals surface area contributed by atoms with Gasteiger partial charge in [0.15, 0.2) is 0 Å². The molecule has 1 aromatic carbocycles. The lowest BCUT2D eigenvalue weighted by Gasteiger charge is -2.04. The lowest BCUT2D eigenvalue weighted by Crippen LogP contribution is -2.16. The number of thioether (sulfide) groups is 1. The quantitative estimate of drug-likeness (QED) is 0.457. The van der Waals surface area contributed by atoms with Crippen molar-refractivity contribution in [3.63, 3.8) is 0 Å². The first-order valence-electron chi connectivity index (χ1n) is 6.57. The Bertz CT molecular complexity index is 834. The van der Waals surface area contributed by atoms with E-state index in [0.29, 0.717) is 11.6 Å². The predicted octanol–water partition coefficient (Wildman–Crippen LogP) is 0.344. The molecule has 0 spiro atoms. The Hall–Kier alpha value is -3.28. The van der Waals surface area contributed by atoms with Gasteiger partial charge in [0.05, 0.1) is 11.4 Å². The number of hydrogen-bond acceptors (Lipinski definition) is 9. The maximum atomic E-state index is 12.0. The molecule has 3 rings (SSSR count). The van der Waals surface area contributed by atoms with Gasteiger partial charge in [0.25, 0.3) is 0 Å². The Balaban J connectivity index is 1.62. The molecule has 2 aromatic heterocycles. The molecule has 2 amide bonds. The Kier molecular flexibility index (Phi) is 4.76. The van der Waals surface area contributed by atoms with Gasteiger partial charge >= 0.3 is 0 Å². The summed E-state index contributed by atoms with van der Waals surface area (Å²) in [5.41, 5.74) is 0.781.